The molecule has 2 aromatic carbocycles. The van der Waals surface area contributed by atoms with Gasteiger partial charge in [-0.3, -0.25) is 29.1 Å². The number of hydrogen-bond acceptors (Lipinski definition) is 10. The average molecular weight is 779 g/mol. The van der Waals surface area contributed by atoms with Gasteiger partial charge in [-0.2, -0.15) is 0 Å². The number of nitrogens with two attached hydrogens (primary N) is 1. The molecule has 2 aromatic heterocycles. The van der Waals surface area contributed by atoms with Gasteiger partial charge in [0.15, 0.2) is 5.82 Å². The number of ether oxygens (including phenoxy) is 1. The first-order chi connectivity index (χ1) is 27.3. The minimum atomic E-state index is -1.000. The smallest absolute Gasteiger partial charge is 0.407 e. The van der Waals surface area contributed by atoms with Gasteiger partial charge < -0.3 is 26.4 Å². The molecule has 1 saturated carbocycles. The van der Waals surface area contributed by atoms with Gasteiger partial charge in [0.2, 0.25) is 17.7 Å². The summed E-state index contributed by atoms with van der Waals surface area (Å²) in [5.74, 6) is -1.16. The largest absolute Gasteiger partial charge is 0.444 e. The quantitative estimate of drug-likeness (QED) is 0.139. The van der Waals surface area contributed by atoms with Crippen LogP contribution >= 0.6 is 0 Å². The highest BCUT2D eigenvalue weighted by molar-refractivity contribution is 6.02. The number of tetrazole rings is 1. The number of alkyl carbamates (subject to hydrolysis) is 1. The van der Waals surface area contributed by atoms with Gasteiger partial charge in [0.1, 0.15) is 23.4 Å². The molecule has 5 amide bonds. The number of pyridine rings is 1. The lowest BCUT2D eigenvalue weighted by Crippen LogP contribution is -2.52. The molecule has 3 heterocycles. The summed E-state index contributed by atoms with van der Waals surface area (Å²) in [6.07, 6.45) is 5.31. The van der Waals surface area contributed by atoms with Gasteiger partial charge in [-0.1, -0.05) is 24.3 Å². The molecule has 1 saturated heterocycles. The van der Waals surface area contributed by atoms with Crippen molar-refractivity contribution in [3.05, 3.63) is 77.6 Å². The monoisotopic (exact) mass is 778 g/mol. The highest BCUT2D eigenvalue weighted by Crippen LogP contribution is 2.33. The van der Waals surface area contributed by atoms with Crippen molar-refractivity contribution in [2.75, 3.05) is 18.0 Å². The summed E-state index contributed by atoms with van der Waals surface area (Å²) in [6, 6.07) is 14.8. The summed E-state index contributed by atoms with van der Waals surface area (Å²) in [7, 11) is 0. The average Bonchev–Trinajstić information content (AvgIpc) is 3.73. The molecule has 2 aliphatic rings. The third-order valence-electron chi connectivity index (χ3n) is 10.4. The number of rotatable bonds is 12. The van der Waals surface area contributed by atoms with Gasteiger partial charge in [-0.25, -0.2) is 9.89 Å². The Morgan fingerprint density at radius 2 is 1.68 bits per heavy atom. The van der Waals surface area contributed by atoms with Crippen molar-refractivity contribution >= 4 is 35.4 Å². The number of primary amides is 1. The Balaban J connectivity index is 1.17. The van der Waals surface area contributed by atoms with E-state index in [2.05, 4.69) is 41.6 Å². The molecule has 16 heteroatoms. The molecule has 57 heavy (non-hydrogen) atoms. The normalized spacial score (nSPS) is 18.8. The van der Waals surface area contributed by atoms with Crippen molar-refractivity contribution in [3.63, 3.8) is 0 Å². The van der Waals surface area contributed by atoms with Crippen LogP contribution in [0.1, 0.15) is 80.9 Å². The second-order valence-corrected chi connectivity index (χ2v) is 15.8. The molecule has 16 nitrogen and oxygen atoms in total. The SMILES string of the molecule is Cc1cc(C(=O)N[C@@H]2CCCNC2=O)ncc1-c1ccc(C[C@@H](C(N)=O)N(c2ccc(-c3nnn[nH]3)cc2)C(=O)[C@H]2CC[C@H](CNC(=O)OC(C)(C)C)CC2)cc1. The van der Waals surface area contributed by atoms with Crippen LogP contribution in [0, 0.1) is 18.8 Å². The van der Waals surface area contributed by atoms with Crippen LogP contribution in [-0.4, -0.2) is 86.1 Å². The molecule has 0 spiro atoms. The van der Waals surface area contributed by atoms with E-state index in [9.17, 15) is 24.0 Å². The van der Waals surface area contributed by atoms with Gasteiger partial charge in [-0.05, 0) is 130 Å². The number of amides is 5. The Labute approximate surface area is 331 Å². The third kappa shape index (κ3) is 10.4. The van der Waals surface area contributed by atoms with Crippen LogP contribution in [0.3, 0.4) is 0 Å². The zero-order chi connectivity index (χ0) is 40.7. The number of H-pyrrole nitrogens is 1. The fourth-order valence-electron chi connectivity index (χ4n) is 7.36. The molecule has 6 rings (SSSR count). The van der Waals surface area contributed by atoms with Crippen molar-refractivity contribution in [1.82, 2.24) is 41.6 Å². The number of piperidine rings is 1. The Morgan fingerprint density at radius 1 is 0.982 bits per heavy atom. The minimum Gasteiger partial charge on any atom is -0.444 e. The van der Waals surface area contributed by atoms with Crippen LogP contribution < -0.4 is 26.6 Å². The molecular formula is C41H50N10O6. The van der Waals surface area contributed by atoms with E-state index >= 15 is 0 Å². The maximum Gasteiger partial charge on any atom is 0.407 e. The highest BCUT2D eigenvalue weighted by atomic mass is 16.6. The fourth-order valence-corrected chi connectivity index (χ4v) is 7.36. The number of anilines is 1. The Kier molecular flexibility index (Phi) is 12.6. The van der Waals surface area contributed by atoms with Crippen LogP contribution in [0.5, 0.6) is 0 Å². The Hall–Kier alpha value is -6.19. The summed E-state index contributed by atoms with van der Waals surface area (Å²) >= 11 is 0. The topological polar surface area (TPSA) is 227 Å². The molecule has 300 valence electrons. The van der Waals surface area contributed by atoms with Gasteiger partial charge in [0.05, 0.1) is 0 Å². The van der Waals surface area contributed by atoms with E-state index < -0.39 is 35.6 Å². The number of benzene rings is 2. The first-order valence-electron chi connectivity index (χ1n) is 19.3. The van der Waals surface area contributed by atoms with Gasteiger partial charge in [0, 0.05) is 48.4 Å². The summed E-state index contributed by atoms with van der Waals surface area (Å²) < 4.78 is 5.37. The van der Waals surface area contributed by atoms with Crippen molar-refractivity contribution < 1.29 is 28.7 Å². The molecule has 4 aromatic rings. The number of aromatic nitrogens is 5. The van der Waals surface area contributed by atoms with E-state index in [1.54, 1.807) is 36.5 Å². The van der Waals surface area contributed by atoms with Gasteiger partial charge in [-0.15, -0.1) is 5.10 Å². The van der Waals surface area contributed by atoms with Crippen LogP contribution in [0.25, 0.3) is 22.5 Å². The lowest BCUT2D eigenvalue weighted by atomic mass is 9.81. The van der Waals surface area contributed by atoms with Crippen molar-refractivity contribution in [1.29, 1.82) is 0 Å². The lowest BCUT2D eigenvalue weighted by molar-refractivity contribution is -0.127. The van der Waals surface area contributed by atoms with E-state index in [0.717, 1.165) is 41.5 Å². The molecule has 0 bridgehead atoms. The molecule has 0 unspecified atom stereocenters. The van der Waals surface area contributed by atoms with Crippen molar-refractivity contribution in [2.24, 2.45) is 17.6 Å². The minimum absolute atomic E-state index is 0.162. The number of carbonyl (C=O) groups excluding carboxylic acids is 5. The Bertz CT molecular complexity index is 2060. The predicted octanol–water partition coefficient (Wildman–Crippen LogP) is 4.01. The van der Waals surface area contributed by atoms with E-state index in [1.165, 1.54) is 4.90 Å². The second-order valence-electron chi connectivity index (χ2n) is 15.8. The summed E-state index contributed by atoms with van der Waals surface area (Å²) in [4.78, 5) is 71.0. The number of nitrogens with one attached hydrogen (secondary N) is 4. The molecule has 0 radical (unpaired) electrons. The molecule has 1 aliphatic carbocycles. The zero-order valence-corrected chi connectivity index (χ0v) is 32.7. The molecule has 1 aliphatic heterocycles. The van der Waals surface area contributed by atoms with Crippen LogP contribution in [0.2, 0.25) is 0 Å². The number of carbonyl (C=O) groups is 5. The number of hydrogen-bond donors (Lipinski definition) is 5. The number of aryl methyl sites for hydroxylation is 1. The van der Waals surface area contributed by atoms with Crippen LogP contribution in [0.15, 0.2) is 60.8 Å². The third-order valence-corrected chi connectivity index (χ3v) is 10.4. The summed E-state index contributed by atoms with van der Waals surface area (Å²) in [5, 5.41) is 22.4. The zero-order valence-electron chi connectivity index (χ0n) is 32.7. The summed E-state index contributed by atoms with van der Waals surface area (Å²) in [6.45, 7) is 8.38. The standard InChI is InChI=1S/C41H50N10O6/c1-24-20-33(38(54)46-32-6-5-19-43-37(32)53)44-23-31(24)27-11-7-25(8-12-27)21-34(35(42)52)51(30-17-15-28(16-18-30)36-47-49-50-48-36)39(55)29-13-9-26(10-14-29)22-45-40(56)57-41(2,3)4/h7-8,11-12,15-18,20,23,26,29,32,34H,5-6,9-10,13-14,19,21-22H2,1-4H3,(H2,42,52)(H,43,53)(H,45,56)(H,46,54)(H,47,48,49,50)/t26-,29-,32-,34+/m1/s1. The highest BCUT2D eigenvalue weighted by Gasteiger charge is 2.36. The van der Waals surface area contributed by atoms with Gasteiger partial charge in [0.25, 0.3) is 5.91 Å². The maximum atomic E-state index is 14.5. The van der Waals surface area contributed by atoms with Crippen LogP contribution in [-0.2, 0) is 25.5 Å². The fraction of sp³-hybridized carbons (Fsp3) is 0.439. The van der Waals surface area contributed by atoms with Gasteiger partial charge >= 0.3 is 6.09 Å². The van der Waals surface area contributed by atoms with E-state index in [-0.39, 0.29) is 35.8 Å². The first-order valence-corrected chi connectivity index (χ1v) is 19.3. The molecule has 2 atom stereocenters. The van der Waals surface area contributed by atoms with Crippen molar-refractivity contribution in [2.45, 2.75) is 90.3 Å². The molecular weight excluding hydrogens is 729 g/mol. The lowest BCUT2D eigenvalue weighted by Gasteiger charge is -2.36. The predicted molar refractivity (Wildman–Crippen MR) is 211 cm³/mol. The number of nitrogens with zero attached hydrogens (tertiary/aromatic N) is 5. The first kappa shape index (κ1) is 40.5. The second kappa shape index (κ2) is 17.7. The number of aromatic amines is 1. The molecule has 2 fully saturated rings. The Morgan fingerprint density at radius 3 is 2.30 bits per heavy atom. The van der Waals surface area contributed by atoms with E-state index in [1.807, 2.05) is 52.0 Å². The molecule has 6 N–H and O–H groups in total. The maximum absolute atomic E-state index is 14.5. The summed E-state index contributed by atoms with van der Waals surface area (Å²) in [5.41, 5.74) is 10.2. The van der Waals surface area contributed by atoms with Crippen molar-refractivity contribution in [3.8, 4) is 22.5 Å². The van der Waals surface area contributed by atoms with E-state index in [4.69, 9.17) is 10.5 Å². The van der Waals surface area contributed by atoms with Crippen LogP contribution in [0.4, 0.5) is 10.5 Å². The van der Waals surface area contributed by atoms with E-state index in [0.29, 0.717) is 49.4 Å².